The lowest BCUT2D eigenvalue weighted by Gasteiger charge is -2.11. The zero-order valence-electron chi connectivity index (χ0n) is 15.3. The lowest BCUT2D eigenvalue weighted by molar-refractivity contribution is -0.137. The molecule has 13 heteroatoms. The van der Waals surface area contributed by atoms with Gasteiger partial charge in [0.15, 0.2) is 11.0 Å². The average Bonchev–Trinajstić information content (AvgIpc) is 3.35. The zero-order valence-corrected chi connectivity index (χ0v) is 16.9. The van der Waals surface area contributed by atoms with E-state index in [0.29, 0.717) is 22.7 Å². The Morgan fingerprint density at radius 2 is 2.17 bits per heavy atom. The van der Waals surface area contributed by atoms with Crippen molar-refractivity contribution in [1.29, 1.82) is 0 Å². The first-order chi connectivity index (χ1) is 14.4. The number of hydrogen-bond acceptors (Lipinski definition) is 8. The fourth-order valence-corrected chi connectivity index (χ4v) is 3.50. The first-order valence-corrected chi connectivity index (χ1v) is 10.2. The predicted octanol–water partition coefficient (Wildman–Crippen LogP) is 3.64. The Bertz CT molecular complexity index is 1010. The van der Waals surface area contributed by atoms with E-state index in [4.69, 9.17) is 4.74 Å². The van der Waals surface area contributed by atoms with E-state index < -0.39 is 11.7 Å². The highest BCUT2D eigenvalue weighted by Crippen LogP contribution is 2.31. The van der Waals surface area contributed by atoms with Gasteiger partial charge < -0.3 is 4.74 Å². The first kappa shape index (κ1) is 21.8. The number of carbonyl (C=O) groups excluding carboxylic acids is 1. The van der Waals surface area contributed by atoms with Gasteiger partial charge in [-0.15, -0.1) is 27.0 Å². The molecule has 0 saturated heterocycles. The normalized spacial score (nSPS) is 11.3. The summed E-state index contributed by atoms with van der Waals surface area (Å²) >= 11 is 2.35. The number of halogens is 3. The minimum absolute atomic E-state index is 0.0589. The molecule has 2 heterocycles. The van der Waals surface area contributed by atoms with Crippen LogP contribution in [0.15, 0.2) is 47.6 Å². The van der Waals surface area contributed by atoms with Crippen LogP contribution in [-0.4, -0.2) is 36.6 Å². The number of nitrogens with zero attached hydrogens (tertiary/aromatic N) is 5. The molecule has 2 aromatic heterocycles. The third kappa shape index (κ3) is 5.79. The van der Waals surface area contributed by atoms with Crippen molar-refractivity contribution >= 4 is 34.1 Å². The van der Waals surface area contributed by atoms with E-state index >= 15 is 0 Å². The lowest BCUT2D eigenvalue weighted by atomic mass is 10.2. The SMILES string of the molecule is C=CCn1c(COc2cccc(C(F)(F)F)c2)nnc1SCC(=O)Nc1nncs1. The number of alkyl halides is 3. The van der Waals surface area contributed by atoms with Gasteiger partial charge in [0, 0.05) is 6.54 Å². The van der Waals surface area contributed by atoms with Crippen molar-refractivity contribution in [3.63, 3.8) is 0 Å². The maximum Gasteiger partial charge on any atom is 0.416 e. The van der Waals surface area contributed by atoms with Crippen molar-refractivity contribution in [1.82, 2.24) is 25.0 Å². The molecule has 0 radical (unpaired) electrons. The van der Waals surface area contributed by atoms with Crippen molar-refractivity contribution in [3.8, 4) is 5.75 Å². The van der Waals surface area contributed by atoms with Crippen LogP contribution in [0.25, 0.3) is 0 Å². The second-order valence-electron chi connectivity index (χ2n) is 5.69. The van der Waals surface area contributed by atoms with Crippen LogP contribution in [0.1, 0.15) is 11.4 Å². The Hall–Kier alpha value is -2.93. The number of rotatable bonds is 9. The molecule has 1 aromatic carbocycles. The molecular formula is C17H15F3N6O2S2. The van der Waals surface area contributed by atoms with Gasteiger partial charge in [0.25, 0.3) is 0 Å². The van der Waals surface area contributed by atoms with Crippen LogP contribution in [0.4, 0.5) is 18.3 Å². The second-order valence-corrected chi connectivity index (χ2v) is 7.47. The molecule has 3 rings (SSSR count). The van der Waals surface area contributed by atoms with E-state index in [1.54, 1.807) is 10.6 Å². The Morgan fingerprint density at radius 1 is 1.33 bits per heavy atom. The van der Waals surface area contributed by atoms with Gasteiger partial charge in [0.1, 0.15) is 17.9 Å². The molecule has 0 spiro atoms. The van der Waals surface area contributed by atoms with E-state index in [1.807, 2.05) is 0 Å². The van der Waals surface area contributed by atoms with Crippen molar-refractivity contribution in [3.05, 3.63) is 53.8 Å². The van der Waals surface area contributed by atoms with Gasteiger partial charge in [-0.1, -0.05) is 35.2 Å². The highest BCUT2D eigenvalue weighted by molar-refractivity contribution is 7.99. The van der Waals surface area contributed by atoms with E-state index in [9.17, 15) is 18.0 Å². The Morgan fingerprint density at radius 3 is 2.87 bits per heavy atom. The third-order valence-electron chi connectivity index (χ3n) is 3.57. The molecule has 30 heavy (non-hydrogen) atoms. The Kier molecular flexibility index (Phi) is 7.05. The van der Waals surface area contributed by atoms with Gasteiger partial charge in [-0.25, -0.2) is 0 Å². The zero-order chi connectivity index (χ0) is 21.6. The molecule has 8 nitrogen and oxygen atoms in total. The van der Waals surface area contributed by atoms with Crippen molar-refractivity contribution in [2.24, 2.45) is 0 Å². The number of amides is 1. The standard InChI is InChI=1S/C17H15F3N6O2S2/c1-2-6-26-13(8-28-12-5-3-4-11(7-12)17(18,19)20)23-25-16(26)29-9-14(27)22-15-24-21-10-30-15/h2-5,7,10H,1,6,8-9H2,(H,22,24,27). The number of nitrogens with one attached hydrogen (secondary N) is 1. The van der Waals surface area contributed by atoms with E-state index in [1.165, 1.54) is 29.0 Å². The molecule has 0 unspecified atom stereocenters. The first-order valence-electron chi connectivity index (χ1n) is 8.38. The molecule has 0 aliphatic heterocycles. The highest BCUT2D eigenvalue weighted by atomic mass is 32.2. The van der Waals surface area contributed by atoms with Crippen LogP contribution in [-0.2, 0) is 24.1 Å². The molecule has 0 bridgehead atoms. The molecular weight excluding hydrogens is 441 g/mol. The summed E-state index contributed by atoms with van der Waals surface area (Å²) in [7, 11) is 0. The quantitative estimate of drug-likeness (QED) is 0.388. The summed E-state index contributed by atoms with van der Waals surface area (Å²) < 4.78 is 45.6. The van der Waals surface area contributed by atoms with Gasteiger partial charge in [0.05, 0.1) is 11.3 Å². The molecule has 1 N–H and O–H groups in total. The number of benzene rings is 1. The van der Waals surface area contributed by atoms with E-state index in [-0.39, 0.29) is 24.0 Å². The summed E-state index contributed by atoms with van der Waals surface area (Å²) in [5, 5.41) is 18.9. The van der Waals surface area contributed by atoms with Crippen molar-refractivity contribution in [2.75, 3.05) is 11.1 Å². The summed E-state index contributed by atoms with van der Waals surface area (Å²) in [6.07, 6.45) is -2.84. The molecule has 0 aliphatic rings. The minimum atomic E-state index is -4.46. The van der Waals surface area contributed by atoms with Gasteiger partial charge in [-0.2, -0.15) is 13.2 Å². The molecule has 0 fully saturated rings. The monoisotopic (exact) mass is 456 g/mol. The van der Waals surface area contributed by atoms with E-state index in [0.717, 1.165) is 23.9 Å². The largest absolute Gasteiger partial charge is 0.486 e. The maximum absolute atomic E-state index is 12.8. The second kappa shape index (κ2) is 9.71. The van der Waals surface area contributed by atoms with Gasteiger partial charge in [0.2, 0.25) is 11.0 Å². The highest BCUT2D eigenvalue weighted by Gasteiger charge is 2.30. The van der Waals surface area contributed by atoms with Crippen LogP contribution in [0.3, 0.4) is 0 Å². The smallest absolute Gasteiger partial charge is 0.416 e. The average molecular weight is 456 g/mol. The van der Waals surface area contributed by atoms with Crippen LogP contribution < -0.4 is 10.1 Å². The van der Waals surface area contributed by atoms with Gasteiger partial charge >= 0.3 is 6.18 Å². The topological polar surface area (TPSA) is 94.8 Å². The number of hydrogen-bond donors (Lipinski definition) is 1. The Balaban J connectivity index is 1.64. The molecule has 0 atom stereocenters. The molecule has 1 amide bonds. The van der Waals surface area contributed by atoms with Gasteiger partial charge in [-0.05, 0) is 18.2 Å². The van der Waals surface area contributed by atoms with E-state index in [2.05, 4.69) is 32.3 Å². The Labute approximate surface area is 177 Å². The number of ether oxygens (including phenoxy) is 1. The van der Waals surface area contributed by atoms with Crippen LogP contribution in [0.2, 0.25) is 0 Å². The number of thioether (sulfide) groups is 1. The number of allylic oxidation sites excluding steroid dienone is 1. The minimum Gasteiger partial charge on any atom is -0.486 e. The van der Waals surface area contributed by atoms with Crippen molar-refractivity contribution in [2.45, 2.75) is 24.5 Å². The number of aromatic nitrogens is 5. The molecule has 3 aromatic rings. The van der Waals surface area contributed by atoms with Crippen LogP contribution in [0, 0.1) is 0 Å². The summed E-state index contributed by atoms with van der Waals surface area (Å²) in [5.41, 5.74) is 0.699. The summed E-state index contributed by atoms with van der Waals surface area (Å²) in [4.78, 5) is 12.0. The lowest BCUT2D eigenvalue weighted by Crippen LogP contribution is -2.15. The number of carbonyl (C=O) groups is 1. The molecule has 0 saturated carbocycles. The third-order valence-corrected chi connectivity index (χ3v) is 5.15. The predicted molar refractivity (Wildman–Crippen MR) is 105 cm³/mol. The fourth-order valence-electron chi connectivity index (χ4n) is 2.27. The van der Waals surface area contributed by atoms with Crippen LogP contribution in [0.5, 0.6) is 5.75 Å². The molecule has 158 valence electrons. The van der Waals surface area contributed by atoms with Crippen LogP contribution >= 0.6 is 23.1 Å². The molecule has 0 aliphatic carbocycles. The summed E-state index contributed by atoms with van der Waals surface area (Å²) in [5.74, 6) is 0.221. The number of anilines is 1. The summed E-state index contributed by atoms with van der Waals surface area (Å²) in [6, 6.07) is 4.58. The maximum atomic E-state index is 12.8. The van der Waals surface area contributed by atoms with Gasteiger partial charge in [-0.3, -0.25) is 14.7 Å². The summed E-state index contributed by atoms with van der Waals surface area (Å²) in [6.45, 7) is 3.92. The fraction of sp³-hybridized carbons (Fsp3) is 0.235. The van der Waals surface area contributed by atoms with Crippen molar-refractivity contribution < 1.29 is 22.7 Å².